The van der Waals surface area contributed by atoms with Crippen LogP contribution in [-0.2, 0) is 9.84 Å². The van der Waals surface area contributed by atoms with Gasteiger partial charge in [-0.25, -0.2) is 13.4 Å². The molecule has 0 radical (unpaired) electrons. The predicted molar refractivity (Wildman–Crippen MR) is 80.0 cm³/mol. The average Bonchev–Trinajstić information content (AvgIpc) is 2.40. The summed E-state index contributed by atoms with van der Waals surface area (Å²) in [6, 6.07) is 7.47. The molecule has 1 aromatic heterocycles. The summed E-state index contributed by atoms with van der Waals surface area (Å²) in [6.45, 7) is 0. The van der Waals surface area contributed by atoms with Gasteiger partial charge in [-0.05, 0) is 30.3 Å². The zero-order valence-electron chi connectivity index (χ0n) is 11.2. The average molecular weight is 306 g/mol. The summed E-state index contributed by atoms with van der Waals surface area (Å²) in [5.74, 6) is -0.408. The highest BCUT2D eigenvalue weighted by atomic mass is 32.2. The minimum Gasteiger partial charge on any atom is -0.397 e. The Bertz CT molecular complexity index is 786. The largest absolute Gasteiger partial charge is 0.397 e. The van der Waals surface area contributed by atoms with Crippen LogP contribution < -0.4 is 16.8 Å². The van der Waals surface area contributed by atoms with Gasteiger partial charge in [0.15, 0.2) is 9.84 Å². The summed E-state index contributed by atoms with van der Waals surface area (Å²) in [7, 11) is -3.25. The molecule has 0 spiro atoms. The van der Waals surface area contributed by atoms with Crippen LogP contribution in [0.15, 0.2) is 41.4 Å². The van der Waals surface area contributed by atoms with Gasteiger partial charge in [-0.1, -0.05) is 0 Å². The summed E-state index contributed by atoms with van der Waals surface area (Å²) >= 11 is 0. The first-order chi connectivity index (χ1) is 9.77. The van der Waals surface area contributed by atoms with E-state index in [-0.39, 0.29) is 16.3 Å². The Hall–Kier alpha value is -2.61. The van der Waals surface area contributed by atoms with Gasteiger partial charge in [0.2, 0.25) is 0 Å². The number of hydrogen-bond donors (Lipinski definition) is 3. The van der Waals surface area contributed by atoms with Crippen molar-refractivity contribution in [3.8, 4) is 0 Å². The predicted octanol–water partition coefficient (Wildman–Crippen LogP) is 0.910. The van der Waals surface area contributed by atoms with E-state index in [1.54, 1.807) is 12.1 Å². The highest BCUT2D eigenvalue weighted by Crippen LogP contribution is 2.21. The zero-order chi connectivity index (χ0) is 15.6. The number of rotatable bonds is 4. The van der Waals surface area contributed by atoms with E-state index < -0.39 is 15.7 Å². The molecule has 1 heterocycles. The first kappa shape index (κ1) is 14.8. The van der Waals surface area contributed by atoms with Crippen LogP contribution in [-0.4, -0.2) is 25.6 Å². The molecular formula is C13H14N4O3S. The summed E-state index contributed by atoms with van der Waals surface area (Å²) in [5.41, 5.74) is 11.9. The lowest BCUT2D eigenvalue weighted by atomic mass is 10.2. The molecule has 1 amide bonds. The van der Waals surface area contributed by atoms with Crippen LogP contribution >= 0.6 is 0 Å². The molecule has 0 saturated heterocycles. The topological polar surface area (TPSA) is 128 Å². The molecule has 110 valence electrons. The van der Waals surface area contributed by atoms with Gasteiger partial charge in [0.1, 0.15) is 5.82 Å². The van der Waals surface area contributed by atoms with Gasteiger partial charge in [0, 0.05) is 11.9 Å². The monoisotopic (exact) mass is 306 g/mol. The summed E-state index contributed by atoms with van der Waals surface area (Å²) in [5, 5.41) is 2.90. The third kappa shape index (κ3) is 3.48. The summed E-state index contributed by atoms with van der Waals surface area (Å²) < 4.78 is 22.8. The van der Waals surface area contributed by atoms with Crippen molar-refractivity contribution in [2.24, 2.45) is 5.73 Å². The minimum absolute atomic E-state index is 0.155. The first-order valence-electron chi connectivity index (χ1n) is 5.90. The maximum atomic E-state index is 11.4. The number of nitrogens with one attached hydrogen (secondary N) is 1. The maximum Gasteiger partial charge on any atom is 0.252 e. The van der Waals surface area contributed by atoms with Crippen molar-refractivity contribution in [2.45, 2.75) is 4.90 Å². The third-order valence-corrected chi connectivity index (χ3v) is 3.85. The second kappa shape index (κ2) is 5.41. The number of hydrogen-bond acceptors (Lipinski definition) is 6. The van der Waals surface area contributed by atoms with Crippen LogP contribution in [0.5, 0.6) is 0 Å². The number of anilines is 3. The number of primary amides is 1. The van der Waals surface area contributed by atoms with E-state index in [0.717, 1.165) is 6.26 Å². The fraction of sp³-hybridized carbons (Fsp3) is 0.0769. The highest BCUT2D eigenvalue weighted by Gasteiger charge is 2.11. The van der Waals surface area contributed by atoms with E-state index >= 15 is 0 Å². The molecule has 0 unspecified atom stereocenters. The zero-order valence-corrected chi connectivity index (χ0v) is 12.0. The van der Waals surface area contributed by atoms with Crippen molar-refractivity contribution in [3.05, 3.63) is 42.1 Å². The normalized spacial score (nSPS) is 11.1. The molecular weight excluding hydrogens is 292 g/mol. The number of nitrogen functional groups attached to an aromatic ring is 1. The molecule has 2 aromatic rings. The molecule has 1 aromatic carbocycles. The van der Waals surface area contributed by atoms with Crippen molar-refractivity contribution in [1.82, 2.24) is 4.98 Å². The van der Waals surface area contributed by atoms with Crippen molar-refractivity contribution in [3.63, 3.8) is 0 Å². The Morgan fingerprint density at radius 3 is 2.38 bits per heavy atom. The van der Waals surface area contributed by atoms with Gasteiger partial charge in [-0.15, -0.1) is 0 Å². The number of nitrogens with zero attached hydrogens (tertiary/aromatic N) is 1. The van der Waals surface area contributed by atoms with E-state index in [1.165, 1.54) is 24.4 Å². The van der Waals surface area contributed by atoms with Gasteiger partial charge in [-0.2, -0.15) is 0 Å². The lowest BCUT2D eigenvalue weighted by Gasteiger charge is -2.10. The van der Waals surface area contributed by atoms with Crippen molar-refractivity contribution < 1.29 is 13.2 Å². The Labute approximate surface area is 121 Å². The number of sulfone groups is 1. The van der Waals surface area contributed by atoms with Crippen LogP contribution in [0.3, 0.4) is 0 Å². The number of nitrogens with two attached hydrogens (primary N) is 2. The van der Waals surface area contributed by atoms with Crippen molar-refractivity contribution in [2.75, 3.05) is 17.3 Å². The minimum atomic E-state index is -3.25. The Morgan fingerprint density at radius 2 is 1.86 bits per heavy atom. The third-order valence-electron chi connectivity index (χ3n) is 2.72. The van der Waals surface area contributed by atoms with Crippen LogP contribution in [0.2, 0.25) is 0 Å². The molecule has 5 N–H and O–H groups in total. The van der Waals surface area contributed by atoms with Crippen LogP contribution in [0.25, 0.3) is 0 Å². The van der Waals surface area contributed by atoms with E-state index in [0.29, 0.717) is 11.4 Å². The fourth-order valence-electron chi connectivity index (χ4n) is 1.69. The van der Waals surface area contributed by atoms with E-state index in [9.17, 15) is 13.2 Å². The standard InChI is InChI=1S/C13H14N4O3S/c1-21(19,20)10-4-2-9(3-5-10)17-13-11(12(15)18)6-8(14)7-16-13/h2-7H,14H2,1H3,(H2,15,18)(H,16,17). The second-order valence-corrected chi connectivity index (χ2v) is 6.47. The van der Waals surface area contributed by atoms with Crippen molar-refractivity contribution >= 4 is 32.9 Å². The van der Waals surface area contributed by atoms with E-state index in [2.05, 4.69) is 10.3 Å². The summed E-state index contributed by atoms with van der Waals surface area (Å²) in [6.07, 6.45) is 2.52. The van der Waals surface area contributed by atoms with Crippen LogP contribution in [0.4, 0.5) is 17.2 Å². The van der Waals surface area contributed by atoms with Gasteiger partial charge >= 0.3 is 0 Å². The fourth-order valence-corrected chi connectivity index (χ4v) is 2.32. The Morgan fingerprint density at radius 1 is 1.24 bits per heavy atom. The van der Waals surface area contributed by atoms with Gasteiger partial charge in [-0.3, -0.25) is 4.79 Å². The van der Waals surface area contributed by atoms with E-state index in [4.69, 9.17) is 11.5 Å². The Balaban J connectivity index is 2.33. The number of benzene rings is 1. The van der Waals surface area contributed by atoms with Gasteiger partial charge in [0.25, 0.3) is 5.91 Å². The molecule has 0 saturated carbocycles. The molecule has 0 bridgehead atoms. The number of pyridine rings is 1. The molecule has 0 aliphatic rings. The Kier molecular flexibility index (Phi) is 3.81. The van der Waals surface area contributed by atoms with Gasteiger partial charge < -0.3 is 16.8 Å². The molecule has 7 nitrogen and oxygen atoms in total. The first-order valence-corrected chi connectivity index (χ1v) is 7.79. The highest BCUT2D eigenvalue weighted by molar-refractivity contribution is 7.90. The number of amides is 1. The number of aromatic nitrogens is 1. The van der Waals surface area contributed by atoms with E-state index in [1.807, 2.05) is 0 Å². The molecule has 0 aliphatic heterocycles. The number of carbonyl (C=O) groups excluding carboxylic acids is 1. The van der Waals surface area contributed by atoms with Crippen molar-refractivity contribution in [1.29, 1.82) is 0 Å². The molecule has 8 heteroatoms. The van der Waals surface area contributed by atoms with Crippen LogP contribution in [0, 0.1) is 0 Å². The lowest BCUT2D eigenvalue weighted by molar-refractivity contribution is 0.100. The summed E-state index contributed by atoms with van der Waals surface area (Å²) in [4.78, 5) is 15.6. The maximum absolute atomic E-state index is 11.4. The lowest BCUT2D eigenvalue weighted by Crippen LogP contribution is -2.14. The van der Waals surface area contributed by atoms with Gasteiger partial charge in [0.05, 0.1) is 22.3 Å². The molecule has 0 atom stereocenters. The number of carbonyl (C=O) groups is 1. The second-order valence-electron chi connectivity index (χ2n) is 4.45. The quantitative estimate of drug-likeness (QED) is 0.770. The molecule has 2 rings (SSSR count). The molecule has 0 fully saturated rings. The SMILES string of the molecule is CS(=O)(=O)c1ccc(Nc2ncc(N)cc2C(N)=O)cc1. The van der Waals surface area contributed by atoms with Crippen LogP contribution in [0.1, 0.15) is 10.4 Å². The molecule has 0 aliphatic carbocycles. The molecule has 21 heavy (non-hydrogen) atoms. The smallest absolute Gasteiger partial charge is 0.252 e.